The largest absolute Gasteiger partial charge is 0.376 e. The van der Waals surface area contributed by atoms with Crippen molar-refractivity contribution in [2.45, 2.75) is 18.9 Å². The van der Waals surface area contributed by atoms with Gasteiger partial charge in [-0.2, -0.15) is 0 Å². The first-order chi connectivity index (χ1) is 9.15. The van der Waals surface area contributed by atoms with Crippen LogP contribution in [0.2, 0.25) is 0 Å². The van der Waals surface area contributed by atoms with Gasteiger partial charge in [-0.25, -0.2) is 8.78 Å². The highest BCUT2D eigenvalue weighted by Gasteiger charge is 2.22. The summed E-state index contributed by atoms with van der Waals surface area (Å²) in [4.78, 5) is 0. The molecule has 0 fully saturated rings. The Bertz CT molecular complexity index is 628. The summed E-state index contributed by atoms with van der Waals surface area (Å²) in [5.74, 6) is -0.909. The summed E-state index contributed by atoms with van der Waals surface area (Å²) >= 11 is 2.98. The number of benzene rings is 2. The Morgan fingerprint density at radius 3 is 2.74 bits per heavy atom. The molecule has 1 aliphatic carbocycles. The van der Waals surface area contributed by atoms with Crippen LogP contribution in [-0.2, 0) is 6.42 Å². The molecular weight excluding hydrogens is 312 g/mol. The summed E-state index contributed by atoms with van der Waals surface area (Å²) in [5, 5.41) is 3.10. The van der Waals surface area contributed by atoms with Crippen molar-refractivity contribution in [3.63, 3.8) is 0 Å². The van der Waals surface area contributed by atoms with Crippen LogP contribution in [-0.4, -0.2) is 0 Å². The zero-order valence-electron chi connectivity index (χ0n) is 10.1. The van der Waals surface area contributed by atoms with Gasteiger partial charge in [-0.1, -0.05) is 24.3 Å². The summed E-state index contributed by atoms with van der Waals surface area (Å²) in [5.41, 5.74) is 2.66. The Hall–Kier alpha value is -1.42. The number of anilines is 1. The summed E-state index contributed by atoms with van der Waals surface area (Å²) < 4.78 is 27.4. The zero-order valence-corrected chi connectivity index (χ0v) is 11.7. The second kappa shape index (κ2) is 4.93. The minimum Gasteiger partial charge on any atom is -0.376 e. The van der Waals surface area contributed by atoms with E-state index in [-0.39, 0.29) is 16.2 Å². The lowest BCUT2D eigenvalue weighted by atomic mass is 10.1. The first-order valence-electron chi connectivity index (χ1n) is 6.14. The van der Waals surface area contributed by atoms with E-state index < -0.39 is 11.6 Å². The van der Waals surface area contributed by atoms with Crippen molar-refractivity contribution in [3.05, 3.63) is 63.6 Å². The van der Waals surface area contributed by atoms with Gasteiger partial charge in [0.15, 0.2) is 0 Å². The van der Waals surface area contributed by atoms with E-state index in [4.69, 9.17) is 0 Å². The molecule has 19 heavy (non-hydrogen) atoms. The van der Waals surface area contributed by atoms with Gasteiger partial charge in [-0.05, 0) is 46.0 Å². The molecule has 0 saturated carbocycles. The second-order valence-corrected chi connectivity index (χ2v) is 5.53. The Labute approximate surface area is 118 Å². The van der Waals surface area contributed by atoms with Gasteiger partial charge in [0, 0.05) is 6.07 Å². The third-order valence-corrected chi connectivity index (χ3v) is 4.08. The molecule has 0 aromatic heterocycles. The Morgan fingerprint density at radius 1 is 1.11 bits per heavy atom. The van der Waals surface area contributed by atoms with Gasteiger partial charge in [0.1, 0.15) is 11.6 Å². The molecule has 3 rings (SSSR count). The van der Waals surface area contributed by atoms with Gasteiger partial charge >= 0.3 is 0 Å². The summed E-state index contributed by atoms with van der Waals surface area (Å²) in [6.45, 7) is 0. The predicted molar refractivity (Wildman–Crippen MR) is 75.2 cm³/mol. The van der Waals surface area contributed by atoms with E-state index in [0.29, 0.717) is 0 Å². The van der Waals surface area contributed by atoms with Crippen LogP contribution in [0, 0.1) is 11.6 Å². The molecule has 1 unspecified atom stereocenters. The molecule has 0 radical (unpaired) electrons. The second-order valence-electron chi connectivity index (χ2n) is 4.68. The molecule has 2 aromatic carbocycles. The summed E-state index contributed by atoms with van der Waals surface area (Å²) in [6, 6.07) is 10.5. The highest BCUT2D eigenvalue weighted by molar-refractivity contribution is 9.10. The summed E-state index contributed by atoms with van der Waals surface area (Å²) in [7, 11) is 0. The van der Waals surface area contributed by atoms with Crippen molar-refractivity contribution in [1.29, 1.82) is 0 Å². The first kappa shape index (κ1) is 12.6. The minimum absolute atomic E-state index is 0.0475. The van der Waals surface area contributed by atoms with Crippen molar-refractivity contribution in [2.24, 2.45) is 0 Å². The van der Waals surface area contributed by atoms with E-state index in [1.807, 2.05) is 18.2 Å². The molecule has 0 bridgehead atoms. The number of hydrogen-bond acceptors (Lipinski definition) is 1. The molecule has 1 nitrogen and oxygen atoms in total. The van der Waals surface area contributed by atoms with E-state index in [9.17, 15) is 8.78 Å². The lowest BCUT2D eigenvalue weighted by Gasteiger charge is -2.16. The first-order valence-corrected chi connectivity index (χ1v) is 6.93. The smallest absolute Gasteiger partial charge is 0.147 e. The zero-order chi connectivity index (χ0) is 13.4. The van der Waals surface area contributed by atoms with Gasteiger partial charge in [-0.15, -0.1) is 0 Å². The average molecular weight is 324 g/mol. The number of halogens is 3. The maximum atomic E-state index is 13.8. The molecular formula is C15H12BrF2N. The van der Waals surface area contributed by atoms with Crippen LogP contribution in [0.4, 0.5) is 14.5 Å². The van der Waals surface area contributed by atoms with E-state index in [0.717, 1.165) is 18.9 Å². The number of hydrogen-bond donors (Lipinski definition) is 1. The van der Waals surface area contributed by atoms with Crippen molar-refractivity contribution >= 4 is 21.6 Å². The van der Waals surface area contributed by atoms with Crippen LogP contribution in [0.3, 0.4) is 0 Å². The molecule has 0 aliphatic heterocycles. The number of aryl methyl sites for hydroxylation is 1. The van der Waals surface area contributed by atoms with Gasteiger partial charge in [0.25, 0.3) is 0 Å². The molecule has 0 heterocycles. The van der Waals surface area contributed by atoms with Crippen LogP contribution in [0.1, 0.15) is 23.6 Å². The Kier molecular flexibility index (Phi) is 3.27. The van der Waals surface area contributed by atoms with Crippen LogP contribution in [0.5, 0.6) is 0 Å². The van der Waals surface area contributed by atoms with Crippen molar-refractivity contribution in [1.82, 2.24) is 0 Å². The molecule has 1 aliphatic rings. The quantitative estimate of drug-likeness (QED) is 0.781. The van der Waals surface area contributed by atoms with Crippen molar-refractivity contribution in [2.75, 3.05) is 5.32 Å². The SMILES string of the molecule is Fc1cc(NC2CCc3ccccc32)c(F)cc1Br. The van der Waals surface area contributed by atoms with Crippen LogP contribution < -0.4 is 5.32 Å². The Morgan fingerprint density at radius 2 is 1.89 bits per heavy atom. The fourth-order valence-corrected chi connectivity index (χ4v) is 2.84. The molecule has 2 aromatic rings. The van der Waals surface area contributed by atoms with E-state index in [2.05, 4.69) is 27.3 Å². The van der Waals surface area contributed by atoms with Gasteiger partial charge in [0.2, 0.25) is 0 Å². The normalized spacial score (nSPS) is 17.3. The Balaban J connectivity index is 1.89. The highest BCUT2D eigenvalue weighted by Crippen LogP contribution is 2.35. The number of fused-ring (bicyclic) bond motifs is 1. The molecule has 1 atom stereocenters. The fourth-order valence-electron chi connectivity index (χ4n) is 2.53. The van der Waals surface area contributed by atoms with Gasteiger partial charge < -0.3 is 5.32 Å². The maximum Gasteiger partial charge on any atom is 0.147 e. The summed E-state index contributed by atoms with van der Waals surface area (Å²) in [6.07, 6.45) is 1.87. The average Bonchev–Trinajstić information content (AvgIpc) is 2.80. The van der Waals surface area contributed by atoms with Crippen LogP contribution in [0.25, 0.3) is 0 Å². The predicted octanol–water partition coefficient (Wildman–Crippen LogP) is 4.83. The lowest BCUT2D eigenvalue weighted by Crippen LogP contribution is -2.08. The molecule has 0 saturated heterocycles. The van der Waals surface area contributed by atoms with Crippen LogP contribution in [0.15, 0.2) is 40.9 Å². The fraction of sp³-hybridized carbons (Fsp3) is 0.200. The lowest BCUT2D eigenvalue weighted by molar-refractivity contribution is 0.593. The third kappa shape index (κ3) is 2.37. The third-order valence-electron chi connectivity index (χ3n) is 3.47. The maximum absolute atomic E-state index is 13.8. The number of rotatable bonds is 2. The number of nitrogens with one attached hydrogen (secondary N) is 1. The van der Waals surface area contributed by atoms with E-state index in [1.54, 1.807) is 0 Å². The standard InChI is InChI=1S/C15H12BrF2N/c16-11-7-13(18)15(8-12(11)17)19-14-6-5-9-3-1-2-4-10(9)14/h1-4,7-8,14,19H,5-6H2. The molecule has 0 amide bonds. The highest BCUT2D eigenvalue weighted by atomic mass is 79.9. The van der Waals surface area contributed by atoms with Crippen molar-refractivity contribution in [3.8, 4) is 0 Å². The molecule has 4 heteroatoms. The van der Waals surface area contributed by atoms with Crippen LogP contribution >= 0.6 is 15.9 Å². The van der Waals surface area contributed by atoms with Crippen molar-refractivity contribution < 1.29 is 8.78 Å². The molecule has 0 spiro atoms. The topological polar surface area (TPSA) is 12.0 Å². The monoisotopic (exact) mass is 323 g/mol. The van der Waals surface area contributed by atoms with E-state index >= 15 is 0 Å². The van der Waals surface area contributed by atoms with E-state index in [1.165, 1.54) is 17.2 Å². The van der Waals surface area contributed by atoms with Gasteiger partial charge in [-0.3, -0.25) is 0 Å². The molecule has 98 valence electrons. The molecule has 1 N–H and O–H groups in total. The van der Waals surface area contributed by atoms with Gasteiger partial charge in [0.05, 0.1) is 16.2 Å². The minimum atomic E-state index is -0.463.